The molecule has 102 valence electrons. The summed E-state index contributed by atoms with van der Waals surface area (Å²) < 4.78 is 0. The van der Waals surface area contributed by atoms with E-state index in [9.17, 15) is 4.79 Å². The molecule has 1 aliphatic rings. The Balaban J connectivity index is 1.68. The van der Waals surface area contributed by atoms with E-state index >= 15 is 0 Å². The monoisotopic (exact) mass is 286 g/mol. The molecular formula is C14H14N4OS. The number of carbonyl (C=O) groups excluding carboxylic acids is 1. The van der Waals surface area contributed by atoms with Crippen LogP contribution in [0.3, 0.4) is 0 Å². The van der Waals surface area contributed by atoms with Crippen molar-refractivity contribution in [1.29, 1.82) is 0 Å². The number of hydrogen-bond donors (Lipinski definition) is 1. The van der Waals surface area contributed by atoms with Gasteiger partial charge in [-0.3, -0.25) is 4.79 Å². The minimum absolute atomic E-state index is 0.0741. The summed E-state index contributed by atoms with van der Waals surface area (Å²) in [6, 6.07) is 8.01. The Morgan fingerprint density at radius 2 is 2.10 bits per heavy atom. The van der Waals surface area contributed by atoms with Crippen LogP contribution in [0.5, 0.6) is 0 Å². The van der Waals surface area contributed by atoms with E-state index in [0.717, 1.165) is 18.7 Å². The number of carbonyl (C=O) groups is 1. The summed E-state index contributed by atoms with van der Waals surface area (Å²) in [6.07, 6.45) is 4.03. The van der Waals surface area contributed by atoms with Crippen molar-refractivity contribution in [1.82, 2.24) is 9.97 Å². The maximum atomic E-state index is 12.3. The van der Waals surface area contributed by atoms with Crippen LogP contribution in [0, 0.1) is 0 Å². The molecule has 0 saturated heterocycles. The van der Waals surface area contributed by atoms with E-state index in [1.54, 1.807) is 6.20 Å². The number of rotatable bonds is 3. The zero-order valence-corrected chi connectivity index (χ0v) is 11.6. The number of nitrogen functional groups attached to an aromatic ring is 1. The molecule has 20 heavy (non-hydrogen) atoms. The van der Waals surface area contributed by atoms with Gasteiger partial charge >= 0.3 is 0 Å². The summed E-state index contributed by atoms with van der Waals surface area (Å²) in [5.41, 5.74) is 7.96. The molecular weight excluding hydrogens is 272 g/mol. The first-order valence-electron chi connectivity index (χ1n) is 6.33. The van der Waals surface area contributed by atoms with Crippen molar-refractivity contribution in [3.8, 4) is 0 Å². The Bertz CT molecular complexity index is 647. The number of thioether (sulfide) groups is 1. The molecule has 0 saturated carbocycles. The van der Waals surface area contributed by atoms with Crippen molar-refractivity contribution in [2.45, 2.75) is 11.4 Å². The van der Waals surface area contributed by atoms with Crippen LogP contribution in [0.15, 0.2) is 41.7 Å². The van der Waals surface area contributed by atoms with E-state index < -0.39 is 0 Å². The second-order valence-corrected chi connectivity index (χ2v) is 5.42. The lowest BCUT2D eigenvalue weighted by atomic mass is 10.2. The Morgan fingerprint density at radius 3 is 2.95 bits per heavy atom. The van der Waals surface area contributed by atoms with Gasteiger partial charge in [0.1, 0.15) is 5.03 Å². The van der Waals surface area contributed by atoms with Gasteiger partial charge in [-0.2, -0.15) is 0 Å². The second-order valence-electron chi connectivity index (χ2n) is 4.46. The predicted octanol–water partition coefficient (Wildman–Crippen LogP) is 1.74. The lowest BCUT2D eigenvalue weighted by Crippen LogP contribution is -2.30. The van der Waals surface area contributed by atoms with Gasteiger partial charge in [0.05, 0.1) is 5.75 Å². The van der Waals surface area contributed by atoms with Crippen LogP contribution in [-0.2, 0) is 11.2 Å². The van der Waals surface area contributed by atoms with E-state index in [4.69, 9.17) is 5.73 Å². The summed E-state index contributed by atoms with van der Waals surface area (Å²) >= 11 is 1.33. The Hall–Kier alpha value is -2.08. The minimum Gasteiger partial charge on any atom is -0.381 e. The topological polar surface area (TPSA) is 72.1 Å². The quantitative estimate of drug-likeness (QED) is 0.870. The number of fused-ring (bicyclic) bond motifs is 1. The van der Waals surface area contributed by atoms with Gasteiger partial charge in [0, 0.05) is 24.6 Å². The Morgan fingerprint density at radius 1 is 1.30 bits per heavy atom. The first-order chi connectivity index (χ1) is 9.75. The lowest BCUT2D eigenvalue weighted by Gasteiger charge is -2.16. The average molecular weight is 286 g/mol. The van der Waals surface area contributed by atoms with Crippen molar-refractivity contribution in [3.63, 3.8) is 0 Å². The van der Waals surface area contributed by atoms with Gasteiger partial charge in [-0.1, -0.05) is 30.0 Å². The van der Waals surface area contributed by atoms with E-state index in [-0.39, 0.29) is 5.91 Å². The van der Waals surface area contributed by atoms with Crippen molar-refractivity contribution in [2.24, 2.45) is 0 Å². The first-order valence-corrected chi connectivity index (χ1v) is 7.32. The molecule has 0 spiro atoms. The number of amides is 1. The lowest BCUT2D eigenvalue weighted by molar-refractivity contribution is -0.116. The van der Waals surface area contributed by atoms with Gasteiger partial charge in [0.2, 0.25) is 5.91 Å². The van der Waals surface area contributed by atoms with E-state index in [1.165, 1.54) is 23.5 Å². The van der Waals surface area contributed by atoms with Crippen LogP contribution >= 0.6 is 11.8 Å². The van der Waals surface area contributed by atoms with Gasteiger partial charge in [0.25, 0.3) is 0 Å². The molecule has 3 rings (SSSR count). The van der Waals surface area contributed by atoms with Crippen LogP contribution < -0.4 is 10.6 Å². The highest BCUT2D eigenvalue weighted by molar-refractivity contribution is 8.00. The predicted molar refractivity (Wildman–Crippen MR) is 79.7 cm³/mol. The summed E-state index contributed by atoms with van der Waals surface area (Å²) in [6.45, 7) is 0.745. The number of aromatic nitrogens is 2. The molecule has 6 heteroatoms. The molecule has 1 aromatic heterocycles. The van der Waals surface area contributed by atoms with Crippen LogP contribution in [-0.4, -0.2) is 28.2 Å². The maximum absolute atomic E-state index is 12.3. The van der Waals surface area contributed by atoms with Crippen LogP contribution in [0.4, 0.5) is 11.5 Å². The molecule has 0 fully saturated rings. The molecule has 5 nitrogen and oxygen atoms in total. The second kappa shape index (κ2) is 5.50. The number of para-hydroxylation sites is 1. The summed E-state index contributed by atoms with van der Waals surface area (Å²) in [4.78, 5) is 22.2. The molecule has 2 heterocycles. The molecule has 2 N–H and O–H groups in total. The first kappa shape index (κ1) is 12.9. The van der Waals surface area contributed by atoms with Gasteiger partial charge in [-0.25, -0.2) is 9.97 Å². The zero-order valence-electron chi connectivity index (χ0n) is 10.8. The molecule has 1 aliphatic heterocycles. The van der Waals surface area contributed by atoms with Crippen molar-refractivity contribution < 1.29 is 4.79 Å². The number of hydrogen-bond acceptors (Lipinski definition) is 5. The normalized spacial score (nSPS) is 13.3. The smallest absolute Gasteiger partial charge is 0.237 e. The number of benzene rings is 1. The van der Waals surface area contributed by atoms with Crippen LogP contribution in [0.25, 0.3) is 0 Å². The molecule has 0 aliphatic carbocycles. The molecule has 0 radical (unpaired) electrons. The van der Waals surface area contributed by atoms with Gasteiger partial charge < -0.3 is 10.6 Å². The third kappa shape index (κ3) is 2.46. The number of anilines is 2. The Labute approximate surface area is 121 Å². The minimum atomic E-state index is 0.0741. The van der Waals surface area contributed by atoms with Crippen LogP contribution in [0.1, 0.15) is 5.56 Å². The third-order valence-electron chi connectivity index (χ3n) is 3.21. The molecule has 0 bridgehead atoms. The maximum Gasteiger partial charge on any atom is 0.237 e. The fourth-order valence-corrected chi connectivity index (χ4v) is 3.00. The highest BCUT2D eigenvalue weighted by atomic mass is 32.2. The SMILES string of the molecule is Nc1nccnc1SCC(=O)N1CCc2ccccc21. The Kier molecular flexibility index (Phi) is 3.56. The standard InChI is InChI=1S/C14H14N4OS/c15-13-14(17-7-6-16-13)20-9-12(19)18-8-5-10-3-1-2-4-11(10)18/h1-4,6-7H,5,8-9H2,(H2,15,16). The molecule has 1 amide bonds. The largest absolute Gasteiger partial charge is 0.381 e. The van der Waals surface area contributed by atoms with Gasteiger partial charge in [-0.05, 0) is 18.1 Å². The zero-order chi connectivity index (χ0) is 13.9. The summed E-state index contributed by atoms with van der Waals surface area (Å²) in [5.74, 6) is 0.758. The molecule has 0 atom stereocenters. The highest BCUT2D eigenvalue weighted by Gasteiger charge is 2.24. The van der Waals surface area contributed by atoms with Gasteiger partial charge in [0.15, 0.2) is 5.82 Å². The van der Waals surface area contributed by atoms with E-state index in [0.29, 0.717) is 16.6 Å². The van der Waals surface area contributed by atoms with E-state index in [1.807, 2.05) is 23.1 Å². The highest BCUT2D eigenvalue weighted by Crippen LogP contribution is 2.29. The third-order valence-corrected chi connectivity index (χ3v) is 4.19. The van der Waals surface area contributed by atoms with Crippen molar-refractivity contribution in [3.05, 3.63) is 42.2 Å². The summed E-state index contributed by atoms with van der Waals surface area (Å²) in [7, 11) is 0. The molecule has 1 aromatic carbocycles. The van der Waals surface area contributed by atoms with Crippen molar-refractivity contribution >= 4 is 29.2 Å². The van der Waals surface area contributed by atoms with Crippen LogP contribution in [0.2, 0.25) is 0 Å². The average Bonchev–Trinajstić information content (AvgIpc) is 2.90. The number of nitrogens with two attached hydrogens (primary N) is 1. The fraction of sp³-hybridized carbons (Fsp3) is 0.214. The fourth-order valence-electron chi connectivity index (χ4n) is 2.25. The molecule has 2 aromatic rings. The van der Waals surface area contributed by atoms with Gasteiger partial charge in [-0.15, -0.1) is 0 Å². The summed E-state index contributed by atoms with van der Waals surface area (Å²) in [5, 5.41) is 0.605. The van der Waals surface area contributed by atoms with E-state index in [2.05, 4.69) is 16.0 Å². The number of nitrogens with zero attached hydrogens (tertiary/aromatic N) is 3. The van der Waals surface area contributed by atoms with Crippen molar-refractivity contribution in [2.75, 3.05) is 22.9 Å². The molecule has 0 unspecified atom stereocenters.